The summed E-state index contributed by atoms with van der Waals surface area (Å²) in [6.45, 7) is 0. The predicted octanol–water partition coefficient (Wildman–Crippen LogP) is 2.63. The third kappa shape index (κ3) is 1.97. The quantitative estimate of drug-likeness (QED) is 0.809. The molecule has 0 saturated carbocycles. The van der Waals surface area contributed by atoms with Crippen molar-refractivity contribution in [2.24, 2.45) is 0 Å². The number of halogens is 2. The van der Waals surface area contributed by atoms with Gasteiger partial charge in [-0.2, -0.15) is 4.39 Å². The Morgan fingerprint density at radius 2 is 2.07 bits per heavy atom. The van der Waals surface area contributed by atoms with Gasteiger partial charge in [-0.1, -0.05) is 0 Å². The molecule has 0 bridgehead atoms. The highest BCUT2D eigenvalue weighted by Crippen LogP contribution is 2.28. The average molecular weight is 268 g/mol. The number of aromatic nitrogens is 2. The van der Waals surface area contributed by atoms with Crippen LogP contribution < -0.4 is 5.73 Å². The summed E-state index contributed by atoms with van der Waals surface area (Å²) in [7, 11) is 0. The molecule has 5 heteroatoms. The van der Waals surface area contributed by atoms with Crippen LogP contribution in [0.2, 0.25) is 0 Å². The van der Waals surface area contributed by atoms with E-state index < -0.39 is 5.95 Å². The summed E-state index contributed by atoms with van der Waals surface area (Å²) in [6.07, 6.45) is 2.87. The van der Waals surface area contributed by atoms with Crippen LogP contribution in [0, 0.1) is 5.95 Å². The molecule has 0 aliphatic heterocycles. The van der Waals surface area contributed by atoms with Gasteiger partial charge in [0.05, 0.1) is 11.9 Å². The minimum absolute atomic E-state index is 0.373. The maximum absolute atomic E-state index is 13.4. The molecule has 0 atom stereocenters. The number of anilines is 1. The van der Waals surface area contributed by atoms with E-state index in [4.69, 9.17) is 5.73 Å². The molecule has 76 valence electrons. The van der Waals surface area contributed by atoms with Crippen LogP contribution in [0.1, 0.15) is 0 Å². The minimum atomic E-state index is -0.540. The number of nitrogens with zero attached hydrogens (tertiary/aromatic N) is 2. The molecular formula is C10H7BrFN3. The Morgan fingerprint density at radius 3 is 2.80 bits per heavy atom. The molecule has 0 amide bonds. The maximum Gasteiger partial charge on any atom is 0.220 e. The second kappa shape index (κ2) is 3.94. The zero-order valence-electron chi connectivity index (χ0n) is 7.61. The van der Waals surface area contributed by atoms with E-state index in [1.165, 1.54) is 12.4 Å². The van der Waals surface area contributed by atoms with Crippen LogP contribution in [0.5, 0.6) is 0 Å². The lowest BCUT2D eigenvalue weighted by molar-refractivity contribution is 0.587. The second-order valence-corrected chi connectivity index (χ2v) is 3.75. The van der Waals surface area contributed by atoms with Gasteiger partial charge in [-0.15, -0.1) is 0 Å². The van der Waals surface area contributed by atoms with Crippen molar-refractivity contribution in [3.63, 3.8) is 0 Å². The van der Waals surface area contributed by atoms with Crippen LogP contribution in [0.3, 0.4) is 0 Å². The smallest absolute Gasteiger partial charge is 0.220 e. The zero-order valence-corrected chi connectivity index (χ0v) is 9.20. The second-order valence-electron chi connectivity index (χ2n) is 2.94. The number of hydrogen-bond donors (Lipinski definition) is 1. The molecule has 0 aromatic carbocycles. The van der Waals surface area contributed by atoms with Crippen LogP contribution in [-0.4, -0.2) is 9.97 Å². The van der Waals surface area contributed by atoms with E-state index in [0.717, 1.165) is 0 Å². The standard InChI is InChI=1S/C10H7BrFN3/c11-9-4-7(8(13)5-15-9)6-2-1-3-14-10(6)12/h1-5H,13H2. The number of nitrogen functional groups attached to an aromatic ring is 1. The van der Waals surface area contributed by atoms with Crippen molar-refractivity contribution in [3.05, 3.63) is 41.1 Å². The summed E-state index contributed by atoms with van der Waals surface area (Å²) in [5.41, 5.74) is 7.09. The molecule has 0 spiro atoms. The number of rotatable bonds is 1. The molecule has 2 N–H and O–H groups in total. The Balaban J connectivity index is 2.64. The monoisotopic (exact) mass is 267 g/mol. The summed E-state index contributed by atoms with van der Waals surface area (Å²) in [5.74, 6) is -0.540. The van der Waals surface area contributed by atoms with Gasteiger partial charge >= 0.3 is 0 Å². The van der Waals surface area contributed by atoms with Gasteiger partial charge in [0.15, 0.2) is 0 Å². The SMILES string of the molecule is Nc1cnc(Br)cc1-c1cccnc1F. The first kappa shape index (κ1) is 10.0. The highest BCUT2D eigenvalue weighted by molar-refractivity contribution is 9.10. The van der Waals surface area contributed by atoms with E-state index in [-0.39, 0.29) is 0 Å². The molecule has 0 radical (unpaired) electrons. The van der Waals surface area contributed by atoms with E-state index in [9.17, 15) is 4.39 Å². The normalized spacial score (nSPS) is 10.3. The van der Waals surface area contributed by atoms with Crippen LogP contribution in [0.15, 0.2) is 35.2 Å². The third-order valence-corrected chi connectivity index (χ3v) is 2.38. The fraction of sp³-hybridized carbons (Fsp3) is 0. The summed E-state index contributed by atoms with van der Waals surface area (Å²) < 4.78 is 14.0. The predicted molar refractivity (Wildman–Crippen MR) is 59.5 cm³/mol. The summed E-state index contributed by atoms with van der Waals surface area (Å²) >= 11 is 3.21. The summed E-state index contributed by atoms with van der Waals surface area (Å²) in [6, 6.07) is 4.95. The Hall–Kier alpha value is -1.49. The Kier molecular flexibility index (Phi) is 2.64. The molecule has 2 heterocycles. The minimum Gasteiger partial charge on any atom is -0.397 e. The van der Waals surface area contributed by atoms with Crippen LogP contribution in [0.4, 0.5) is 10.1 Å². The molecule has 0 saturated heterocycles. The highest BCUT2D eigenvalue weighted by Gasteiger charge is 2.09. The van der Waals surface area contributed by atoms with E-state index in [0.29, 0.717) is 21.4 Å². The Labute approximate surface area is 94.3 Å². The number of nitrogens with two attached hydrogens (primary N) is 1. The lowest BCUT2D eigenvalue weighted by atomic mass is 10.1. The molecule has 0 unspecified atom stereocenters. The summed E-state index contributed by atoms with van der Waals surface area (Å²) in [5, 5.41) is 0. The fourth-order valence-corrected chi connectivity index (χ4v) is 1.59. The Bertz CT molecular complexity index is 502. The molecule has 2 aromatic heterocycles. The third-order valence-electron chi connectivity index (χ3n) is 1.95. The van der Waals surface area contributed by atoms with Crippen molar-refractivity contribution < 1.29 is 4.39 Å². The van der Waals surface area contributed by atoms with Crippen molar-refractivity contribution in [2.45, 2.75) is 0 Å². The van der Waals surface area contributed by atoms with Crippen molar-refractivity contribution in [3.8, 4) is 11.1 Å². The molecular weight excluding hydrogens is 261 g/mol. The van der Waals surface area contributed by atoms with E-state index in [1.807, 2.05) is 0 Å². The molecule has 0 fully saturated rings. The van der Waals surface area contributed by atoms with Crippen LogP contribution >= 0.6 is 15.9 Å². The lowest BCUT2D eigenvalue weighted by Gasteiger charge is -2.05. The highest BCUT2D eigenvalue weighted by atomic mass is 79.9. The Morgan fingerprint density at radius 1 is 1.27 bits per heavy atom. The molecule has 0 aliphatic carbocycles. The van der Waals surface area contributed by atoms with E-state index in [2.05, 4.69) is 25.9 Å². The van der Waals surface area contributed by atoms with Gasteiger partial charge in [0.2, 0.25) is 5.95 Å². The van der Waals surface area contributed by atoms with Gasteiger partial charge in [0.1, 0.15) is 4.60 Å². The van der Waals surface area contributed by atoms with Crippen molar-refractivity contribution in [2.75, 3.05) is 5.73 Å². The maximum atomic E-state index is 13.4. The van der Waals surface area contributed by atoms with Gasteiger partial charge in [-0.3, -0.25) is 0 Å². The first-order valence-corrected chi connectivity index (χ1v) is 4.99. The number of hydrogen-bond acceptors (Lipinski definition) is 3. The largest absolute Gasteiger partial charge is 0.397 e. The lowest BCUT2D eigenvalue weighted by Crippen LogP contribution is -1.95. The van der Waals surface area contributed by atoms with Crippen molar-refractivity contribution in [1.82, 2.24) is 9.97 Å². The van der Waals surface area contributed by atoms with E-state index in [1.54, 1.807) is 18.2 Å². The zero-order chi connectivity index (χ0) is 10.8. The van der Waals surface area contributed by atoms with Crippen molar-refractivity contribution >= 4 is 21.6 Å². The van der Waals surface area contributed by atoms with Gasteiger partial charge in [0, 0.05) is 17.3 Å². The van der Waals surface area contributed by atoms with Gasteiger partial charge in [-0.05, 0) is 34.1 Å². The topological polar surface area (TPSA) is 51.8 Å². The first-order chi connectivity index (χ1) is 7.18. The fourth-order valence-electron chi connectivity index (χ4n) is 1.26. The first-order valence-electron chi connectivity index (χ1n) is 4.20. The molecule has 15 heavy (non-hydrogen) atoms. The molecule has 2 aromatic rings. The average Bonchev–Trinajstić information content (AvgIpc) is 2.23. The van der Waals surface area contributed by atoms with Crippen LogP contribution in [-0.2, 0) is 0 Å². The molecule has 3 nitrogen and oxygen atoms in total. The van der Waals surface area contributed by atoms with E-state index >= 15 is 0 Å². The van der Waals surface area contributed by atoms with Gasteiger partial charge in [0.25, 0.3) is 0 Å². The van der Waals surface area contributed by atoms with Gasteiger partial charge in [-0.25, -0.2) is 9.97 Å². The van der Waals surface area contributed by atoms with Gasteiger partial charge < -0.3 is 5.73 Å². The number of pyridine rings is 2. The van der Waals surface area contributed by atoms with Crippen molar-refractivity contribution in [1.29, 1.82) is 0 Å². The molecule has 2 rings (SSSR count). The van der Waals surface area contributed by atoms with Crippen LogP contribution in [0.25, 0.3) is 11.1 Å². The molecule has 0 aliphatic rings. The summed E-state index contributed by atoms with van der Waals surface area (Å²) in [4.78, 5) is 7.51.